The van der Waals surface area contributed by atoms with Gasteiger partial charge in [-0.2, -0.15) is 5.10 Å². The Labute approximate surface area is 107 Å². The quantitative estimate of drug-likeness (QED) is 0.895. The lowest BCUT2D eigenvalue weighted by Gasteiger charge is -2.14. The third-order valence-electron chi connectivity index (χ3n) is 3.02. The third kappa shape index (κ3) is 2.70. The Hall–Kier alpha value is -1.84. The molecule has 0 fully saturated rings. The van der Waals surface area contributed by atoms with Crippen LogP contribution in [-0.4, -0.2) is 9.78 Å². The normalized spacial score (nSPS) is 12.4. The van der Waals surface area contributed by atoms with Crippen LogP contribution in [0, 0.1) is 12.7 Å². The van der Waals surface area contributed by atoms with Gasteiger partial charge in [-0.3, -0.25) is 4.68 Å². The minimum absolute atomic E-state index is 0.148. The second-order valence-corrected chi connectivity index (χ2v) is 4.46. The molecule has 96 valence electrons. The van der Waals surface area contributed by atoms with Crippen molar-refractivity contribution in [3.63, 3.8) is 0 Å². The standard InChI is InChI=1S/C14H18FN3/c1-4-18-9-12(8-16-18)11(3)17-13-5-6-14(15)10(2)7-13/h5-9,11,17H,4H2,1-3H3. The summed E-state index contributed by atoms with van der Waals surface area (Å²) in [6.45, 7) is 6.75. The number of halogens is 1. The predicted octanol–water partition coefficient (Wildman–Crippen LogP) is 3.52. The van der Waals surface area contributed by atoms with Gasteiger partial charge in [-0.15, -0.1) is 0 Å². The first-order chi connectivity index (χ1) is 8.60. The number of benzene rings is 1. The molecule has 0 aliphatic heterocycles. The van der Waals surface area contributed by atoms with E-state index in [-0.39, 0.29) is 11.9 Å². The topological polar surface area (TPSA) is 29.9 Å². The summed E-state index contributed by atoms with van der Waals surface area (Å²) in [4.78, 5) is 0. The average Bonchev–Trinajstić information content (AvgIpc) is 2.82. The Morgan fingerprint density at radius 1 is 1.44 bits per heavy atom. The number of aromatic nitrogens is 2. The molecule has 1 unspecified atom stereocenters. The largest absolute Gasteiger partial charge is 0.378 e. The maximum Gasteiger partial charge on any atom is 0.126 e. The van der Waals surface area contributed by atoms with Gasteiger partial charge in [0.25, 0.3) is 0 Å². The highest BCUT2D eigenvalue weighted by Gasteiger charge is 2.08. The third-order valence-corrected chi connectivity index (χ3v) is 3.02. The predicted molar refractivity (Wildman–Crippen MR) is 71.1 cm³/mol. The molecule has 3 nitrogen and oxygen atoms in total. The van der Waals surface area contributed by atoms with Crippen LogP contribution in [0.25, 0.3) is 0 Å². The fraction of sp³-hybridized carbons (Fsp3) is 0.357. The Bertz CT molecular complexity index is 534. The minimum Gasteiger partial charge on any atom is -0.378 e. The van der Waals surface area contributed by atoms with Gasteiger partial charge in [0.1, 0.15) is 5.82 Å². The molecule has 0 spiro atoms. The van der Waals surface area contributed by atoms with Crippen molar-refractivity contribution < 1.29 is 4.39 Å². The van der Waals surface area contributed by atoms with E-state index >= 15 is 0 Å². The van der Waals surface area contributed by atoms with Crippen molar-refractivity contribution in [3.05, 3.63) is 47.5 Å². The number of hydrogen-bond acceptors (Lipinski definition) is 2. The fourth-order valence-corrected chi connectivity index (χ4v) is 1.84. The molecule has 1 aromatic heterocycles. The summed E-state index contributed by atoms with van der Waals surface area (Å²) < 4.78 is 15.1. The van der Waals surface area contributed by atoms with E-state index in [9.17, 15) is 4.39 Å². The average molecular weight is 247 g/mol. The Kier molecular flexibility index (Phi) is 3.65. The van der Waals surface area contributed by atoms with Crippen LogP contribution < -0.4 is 5.32 Å². The van der Waals surface area contributed by atoms with Crippen LogP contribution in [0.5, 0.6) is 0 Å². The molecule has 0 aliphatic rings. The van der Waals surface area contributed by atoms with Crippen molar-refractivity contribution >= 4 is 5.69 Å². The van der Waals surface area contributed by atoms with E-state index in [1.807, 2.05) is 23.1 Å². The van der Waals surface area contributed by atoms with Gasteiger partial charge in [0, 0.05) is 24.0 Å². The summed E-state index contributed by atoms with van der Waals surface area (Å²) in [5.41, 5.74) is 2.70. The van der Waals surface area contributed by atoms with Crippen LogP contribution in [0.15, 0.2) is 30.6 Å². The van der Waals surface area contributed by atoms with E-state index in [0.29, 0.717) is 5.56 Å². The summed E-state index contributed by atoms with van der Waals surface area (Å²) in [6.07, 6.45) is 3.88. The van der Waals surface area contributed by atoms with Gasteiger partial charge in [0.05, 0.1) is 12.2 Å². The molecule has 0 bridgehead atoms. The van der Waals surface area contributed by atoms with Crippen LogP contribution in [0.3, 0.4) is 0 Å². The lowest BCUT2D eigenvalue weighted by Crippen LogP contribution is -2.06. The highest BCUT2D eigenvalue weighted by Crippen LogP contribution is 2.20. The lowest BCUT2D eigenvalue weighted by atomic mass is 10.1. The van der Waals surface area contributed by atoms with Gasteiger partial charge in [-0.25, -0.2) is 4.39 Å². The first-order valence-corrected chi connectivity index (χ1v) is 6.15. The second kappa shape index (κ2) is 5.21. The molecular weight excluding hydrogens is 229 g/mol. The number of nitrogens with zero attached hydrogens (tertiary/aromatic N) is 2. The molecule has 18 heavy (non-hydrogen) atoms. The molecule has 1 aromatic carbocycles. The highest BCUT2D eigenvalue weighted by molar-refractivity contribution is 5.47. The molecule has 4 heteroatoms. The zero-order valence-electron chi connectivity index (χ0n) is 10.9. The summed E-state index contributed by atoms with van der Waals surface area (Å²) in [5.74, 6) is -0.174. The van der Waals surface area contributed by atoms with Crippen LogP contribution in [0.2, 0.25) is 0 Å². The molecule has 1 N–H and O–H groups in total. The zero-order valence-corrected chi connectivity index (χ0v) is 10.9. The van der Waals surface area contributed by atoms with E-state index in [0.717, 1.165) is 17.8 Å². The lowest BCUT2D eigenvalue weighted by molar-refractivity contribution is 0.618. The van der Waals surface area contributed by atoms with Crippen molar-refractivity contribution in [2.24, 2.45) is 0 Å². The van der Waals surface area contributed by atoms with Gasteiger partial charge in [0.15, 0.2) is 0 Å². The molecule has 2 rings (SSSR count). The number of nitrogens with one attached hydrogen (secondary N) is 1. The van der Waals surface area contributed by atoms with E-state index in [1.165, 1.54) is 6.07 Å². The van der Waals surface area contributed by atoms with E-state index in [2.05, 4.69) is 24.3 Å². The van der Waals surface area contributed by atoms with E-state index < -0.39 is 0 Å². The molecule has 2 aromatic rings. The molecule has 0 aliphatic carbocycles. The van der Waals surface area contributed by atoms with Crippen molar-refractivity contribution in [2.75, 3.05) is 5.32 Å². The number of rotatable bonds is 4. The smallest absolute Gasteiger partial charge is 0.126 e. The van der Waals surface area contributed by atoms with Gasteiger partial charge >= 0.3 is 0 Å². The van der Waals surface area contributed by atoms with Gasteiger partial charge < -0.3 is 5.32 Å². The van der Waals surface area contributed by atoms with Gasteiger partial charge in [-0.05, 0) is 44.5 Å². The van der Waals surface area contributed by atoms with Gasteiger partial charge in [0.2, 0.25) is 0 Å². The summed E-state index contributed by atoms with van der Waals surface area (Å²) in [5, 5.41) is 7.59. The molecule has 1 atom stereocenters. The molecule has 0 amide bonds. The SMILES string of the molecule is CCn1cc(C(C)Nc2ccc(F)c(C)c2)cn1. The van der Waals surface area contributed by atoms with E-state index in [1.54, 1.807) is 13.0 Å². The summed E-state index contributed by atoms with van der Waals surface area (Å²) in [6, 6.07) is 5.20. The van der Waals surface area contributed by atoms with Crippen molar-refractivity contribution in [3.8, 4) is 0 Å². The second-order valence-electron chi connectivity index (χ2n) is 4.46. The molecule has 0 saturated heterocycles. The van der Waals surface area contributed by atoms with Crippen LogP contribution in [0.1, 0.15) is 31.0 Å². The molecule has 1 heterocycles. The number of hydrogen-bond donors (Lipinski definition) is 1. The maximum atomic E-state index is 13.2. The maximum absolute atomic E-state index is 13.2. The van der Waals surface area contributed by atoms with Crippen molar-refractivity contribution in [1.29, 1.82) is 0 Å². The summed E-state index contributed by atoms with van der Waals surface area (Å²) >= 11 is 0. The van der Waals surface area contributed by atoms with Crippen molar-refractivity contribution in [1.82, 2.24) is 9.78 Å². The first-order valence-electron chi connectivity index (χ1n) is 6.15. The zero-order chi connectivity index (χ0) is 13.1. The minimum atomic E-state index is -0.174. The highest BCUT2D eigenvalue weighted by atomic mass is 19.1. The van der Waals surface area contributed by atoms with Crippen LogP contribution >= 0.6 is 0 Å². The van der Waals surface area contributed by atoms with Crippen LogP contribution in [0.4, 0.5) is 10.1 Å². The molecule has 0 radical (unpaired) electrons. The Morgan fingerprint density at radius 3 is 2.83 bits per heavy atom. The first kappa shape index (κ1) is 12.6. The summed E-state index contributed by atoms with van der Waals surface area (Å²) in [7, 11) is 0. The molecule has 0 saturated carbocycles. The fourth-order valence-electron chi connectivity index (χ4n) is 1.84. The monoisotopic (exact) mass is 247 g/mol. The number of anilines is 1. The molecular formula is C14H18FN3. The van der Waals surface area contributed by atoms with Crippen LogP contribution in [-0.2, 0) is 6.54 Å². The van der Waals surface area contributed by atoms with Gasteiger partial charge in [-0.1, -0.05) is 0 Å². The van der Waals surface area contributed by atoms with E-state index in [4.69, 9.17) is 0 Å². The Balaban J connectivity index is 2.10. The van der Waals surface area contributed by atoms with Crippen molar-refractivity contribution in [2.45, 2.75) is 33.4 Å². The Morgan fingerprint density at radius 2 is 2.22 bits per heavy atom. The number of aryl methyl sites for hydroxylation is 2.